The molecule has 0 spiro atoms. The van der Waals surface area contributed by atoms with Crippen molar-refractivity contribution >= 4 is 11.9 Å². The Kier molecular flexibility index (Phi) is 7.71. The fourth-order valence-electron chi connectivity index (χ4n) is 3.87. The molecular formula is C26H27F3N3O2+. The first-order valence-corrected chi connectivity index (χ1v) is 10.8. The number of aryl methyl sites for hydroxylation is 2. The maximum atomic E-state index is 12.9. The zero-order chi connectivity index (χ0) is 24.9. The van der Waals surface area contributed by atoms with Gasteiger partial charge in [-0.2, -0.15) is 13.2 Å². The summed E-state index contributed by atoms with van der Waals surface area (Å²) in [7, 11) is 1.83. The molecule has 2 aromatic carbocycles. The standard InChI is InChI=1S/C26H26F3N3O2/c1-4-15-32(17-19-5-6-20(18(2)16-19)9-12-24(33)34)25-30-14-13-23(31(25)3)21-7-10-22(11-8-21)26(27,28)29/h4-8,10-11,13-14,16H,1,9,12,15,17H2,2-3H3/p+1. The molecule has 0 unspecified atom stereocenters. The number of hydrogen-bond donors (Lipinski definition) is 1. The quantitative estimate of drug-likeness (QED) is 0.349. The third-order valence-electron chi connectivity index (χ3n) is 5.61. The Morgan fingerprint density at radius 1 is 1.18 bits per heavy atom. The summed E-state index contributed by atoms with van der Waals surface area (Å²) >= 11 is 0. The van der Waals surface area contributed by atoms with Crippen LogP contribution in [0.25, 0.3) is 11.3 Å². The fraction of sp³-hybridized carbons (Fsp3) is 0.269. The number of hydrogen-bond acceptors (Lipinski definition) is 3. The van der Waals surface area contributed by atoms with Crippen LogP contribution >= 0.6 is 0 Å². The molecule has 0 aliphatic carbocycles. The first-order chi connectivity index (χ1) is 16.1. The van der Waals surface area contributed by atoms with Gasteiger partial charge in [-0.3, -0.25) is 9.69 Å². The minimum absolute atomic E-state index is 0.0826. The molecule has 1 aromatic heterocycles. The second kappa shape index (κ2) is 10.5. The van der Waals surface area contributed by atoms with Crippen LogP contribution in [0, 0.1) is 6.92 Å². The van der Waals surface area contributed by atoms with Crippen molar-refractivity contribution < 1.29 is 27.6 Å². The number of alkyl halides is 3. The summed E-state index contributed by atoms with van der Waals surface area (Å²) in [5, 5.41) is 8.93. The van der Waals surface area contributed by atoms with E-state index in [-0.39, 0.29) is 6.42 Å². The summed E-state index contributed by atoms with van der Waals surface area (Å²) in [6, 6.07) is 12.8. The van der Waals surface area contributed by atoms with Gasteiger partial charge in [0.15, 0.2) is 0 Å². The highest BCUT2D eigenvalue weighted by Crippen LogP contribution is 2.30. The van der Waals surface area contributed by atoms with Gasteiger partial charge >= 0.3 is 18.1 Å². The zero-order valence-corrected chi connectivity index (χ0v) is 19.1. The van der Waals surface area contributed by atoms with Crippen LogP contribution in [-0.2, 0) is 31.0 Å². The third kappa shape index (κ3) is 6.01. The number of carbonyl (C=O) groups is 1. The Bertz CT molecular complexity index is 1170. The van der Waals surface area contributed by atoms with Crippen molar-refractivity contribution in [3.63, 3.8) is 0 Å². The van der Waals surface area contributed by atoms with E-state index >= 15 is 0 Å². The normalized spacial score (nSPS) is 11.3. The lowest BCUT2D eigenvalue weighted by Gasteiger charge is -2.19. The van der Waals surface area contributed by atoms with Gasteiger partial charge in [0.2, 0.25) is 0 Å². The average Bonchev–Trinajstić information content (AvgIpc) is 2.78. The van der Waals surface area contributed by atoms with Crippen molar-refractivity contribution in [3.05, 3.63) is 89.6 Å². The summed E-state index contributed by atoms with van der Waals surface area (Å²) < 4.78 is 40.7. The van der Waals surface area contributed by atoms with Gasteiger partial charge < -0.3 is 5.11 Å². The number of carboxylic acid groups (broad SMARTS) is 1. The molecule has 0 saturated heterocycles. The third-order valence-corrected chi connectivity index (χ3v) is 5.61. The first-order valence-electron chi connectivity index (χ1n) is 10.8. The summed E-state index contributed by atoms with van der Waals surface area (Å²) in [6.45, 7) is 6.84. The van der Waals surface area contributed by atoms with Crippen molar-refractivity contribution in [1.29, 1.82) is 0 Å². The molecule has 0 atom stereocenters. The molecule has 1 N–H and O–H groups in total. The van der Waals surface area contributed by atoms with Gasteiger partial charge in [-0.15, -0.1) is 0 Å². The predicted molar refractivity (Wildman–Crippen MR) is 124 cm³/mol. The molecule has 0 saturated carbocycles. The molecule has 0 aliphatic heterocycles. The van der Waals surface area contributed by atoms with E-state index in [1.807, 2.05) is 41.6 Å². The molecule has 178 valence electrons. The minimum atomic E-state index is -4.38. The summed E-state index contributed by atoms with van der Waals surface area (Å²) in [5.74, 6) is -0.183. The Hall–Kier alpha value is -3.68. The highest BCUT2D eigenvalue weighted by molar-refractivity contribution is 5.67. The number of aliphatic carboxylic acids is 1. The largest absolute Gasteiger partial charge is 0.481 e. The van der Waals surface area contributed by atoms with Crippen molar-refractivity contribution in [2.45, 2.75) is 32.5 Å². The predicted octanol–water partition coefficient (Wildman–Crippen LogP) is 5.11. The molecule has 3 aromatic rings. The highest BCUT2D eigenvalue weighted by Gasteiger charge is 2.30. The van der Waals surface area contributed by atoms with E-state index in [1.54, 1.807) is 18.3 Å². The summed E-state index contributed by atoms with van der Waals surface area (Å²) in [4.78, 5) is 17.4. The lowest BCUT2D eigenvalue weighted by molar-refractivity contribution is -0.650. The van der Waals surface area contributed by atoms with Crippen LogP contribution in [0.5, 0.6) is 0 Å². The van der Waals surface area contributed by atoms with Crippen molar-refractivity contribution in [1.82, 2.24) is 4.98 Å². The van der Waals surface area contributed by atoms with Crippen LogP contribution in [0.4, 0.5) is 19.1 Å². The number of nitrogens with zero attached hydrogens (tertiary/aromatic N) is 3. The van der Waals surface area contributed by atoms with Gasteiger partial charge in [0, 0.05) is 18.1 Å². The smallest absolute Gasteiger partial charge is 0.416 e. The minimum Gasteiger partial charge on any atom is -0.481 e. The lowest BCUT2D eigenvalue weighted by atomic mass is 10.0. The molecule has 8 heteroatoms. The highest BCUT2D eigenvalue weighted by atomic mass is 19.4. The van der Waals surface area contributed by atoms with Gasteiger partial charge in [0.1, 0.15) is 11.9 Å². The van der Waals surface area contributed by atoms with E-state index in [0.29, 0.717) is 31.0 Å². The van der Waals surface area contributed by atoms with E-state index in [4.69, 9.17) is 5.11 Å². The fourth-order valence-corrected chi connectivity index (χ4v) is 3.87. The SMILES string of the molecule is C=CCN(Cc1ccc(CCC(=O)O)c(C)c1)c1nccc(-c2ccc(C(F)(F)F)cc2)[n+]1C. The molecule has 0 aliphatic rings. The van der Waals surface area contributed by atoms with Crippen molar-refractivity contribution in [3.8, 4) is 11.3 Å². The monoisotopic (exact) mass is 470 g/mol. The number of aromatic nitrogens is 2. The first kappa shape index (κ1) is 25.0. The Labute approximate surface area is 196 Å². The number of carboxylic acids is 1. The molecule has 34 heavy (non-hydrogen) atoms. The number of benzene rings is 2. The molecule has 3 rings (SSSR count). The van der Waals surface area contributed by atoms with E-state index in [9.17, 15) is 18.0 Å². The van der Waals surface area contributed by atoms with Gasteiger partial charge in [0.25, 0.3) is 0 Å². The van der Waals surface area contributed by atoms with E-state index in [1.165, 1.54) is 12.1 Å². The van der Waals surface area contributed by atoms with Crippen molar-refractivity contribution in [2.24, 2.45) is 7.05 Å². The topological polar surface area (TPSA) is 57.3 Å². The Morgan fingerprint density at radius 3 is 2.47 bits per heavy atom. The molecule has 0 fully saturated rings. The maximum absolute atomic E-state index is 12.9. The molecule has 0 bridgehead atoms. The second-order valence-electron chi connectivity index (χ2n) is 8.09. The average molecular weight is 471 g/mol. The van der Waals surface area contributed by atoms with E-state index < -0.39 is 17.7 Å². The molecule has 1 heterocycles. The zero-order valence-electron chi connectivity index (χ0n) is 19.1. The van der Waals surface area contributed by atoms with Crippen LogP contribution in [0.3, 0.4) is 0 Å². The van der Waals surface area contributed by atoms with Gasteiger partial charge in [0.05, 0.1) is 25.7 Å². The van der Waals surface area contributed by atoms with Gasteiger partial charge in [-0.05, 0) is 42.2 Å². The van der Waals surface area contributed by atoms with Crippen LogP contribution < -0.4 is 9.47 Å². The van der Waals surface area contributed by atoms with E-state index in [2.05, 4.69) is 11.6 Å². The maximum Gasteiger partial charge on any atom is 0.416 e. The molecular weight excluding hydrogens is 443 g/mol. The summed E-state index contributed by atoms with van der Waals surface area (Å²) in [5.41, 5.74) is 3.73. The number of anilines is 1. The van der Waals surface area contributed by atoms with Crippen LogP contribution in [-0.4, -0.2) is 22.6 Å². The Balaban J connectivity index is 1.88. The number of rotatable bonds is 9. The van der Waals surface area contributed by atoms with Crippen LogP contribution in [0.15, 0.2) is 67.4 Å². The van der Waals surface area contributed by atoms with Crippen molar-refractivity contribution in [2.75, 3.05) is 11.4 Å². The molecule has 0 amide bonds. The molecule has 5 nitrogen and oxygen atoms in total. The second-order valence-corrected chi connectivity index (χ2v) is 8.09. The Morgan fingerprint density at radius 2 is 1.88 bits per heavy atom. The van der Waals surface area contributed by atoms with Crippen LogP contribution in [0.1, 0.15) is 28.7 Å². The van der Waals surface area contributed by atoms with E-state index in [0.717, 1.165) is 34.5 Å². The number of halogens is 3. The molecule has 0 radical (unpaired) electrons. The van der Waals surface area contributed by atoms with Gasteiger partial charge in [-0.1, -0.05) is 48.0 Å². The lowest BCUT2D eigenvalue weighted by Crippen LogP contribution is -2.42. The summed E-state index contributed by atoms with van der Waals surface area (Å²) in [6.07, 6.45) is -0.422. The van der Waals surface area contributed by atoms with Gasteiger partial charge in [-0.25, -0.2) is 4.57 Å². The van der Waals surface area contributed by atoms with Crippen LogP contribution in [0.2, 0.25) is 0 Å².